The lowest BCUT2D eigenvalue weighted by Crippen LogP contribution is -2.24. The van der Waals surface area contributed by atoms with Crippen LogP contribution in [0.1, 0.15) is 35.8 Å². The lowest BCUT2D eigenvalue weighted by molar-refractivity contribution is -0.115. The van der Waals surface area contributed by atoms with Gasteiger partial charge < -0.3 is 31.8 Å². The molecule has 10 heteroatoms. The summed E-state index contributed by atoms with van der Waals surface area (Å²) >= 11 is 1.76. The molecule has 176 valence electrons. The van der Waals surface area contributed by atoms with Crippen molar-refractivity contribution in [2.24, 2.45) is 5.73 Å². The molecule has 0 aliphatic heterocycles. The van der Waals surface area contributed by atoms with E-state index >= 15 is 0 Å². The van der Waals surface area contributed by atoms with Gasteiger partial charge in [0.25, 0.3) is 0 Å². The van der Waals surface area contributed by atoms with E-state index in [0.29, 0.717) is 29.3 Å². The van der Waals surface area contributed by atoms with Gasteiger partial charge in [0, 0.05) is 48.5 Å². The zero-order valence-corrected chi connectivity index (χ0v) is 20.0. The molecule has 0 saturated heterocycles. The Morgan fingerprint density at radius 3 is 2.70 bits per heavy atom. The van der Waals surface area contributed by atoms with Crippen molar-refractivity contribution in [3.05, 3.63) is 34.5 Å². The van der Waals surface area contributed by atoms with E-state index in [0.717, 1.165) is 35.3 Å². The van der Waals surface area contributed by atoms with Gasteiger partial charge in [-0.25, -0.2) is 9.97 Å². The SMILES string of the molecule is CC(N)COc1cc(N)c(C=N)cc1Nc1ncnc2sc3c(c12)CCCC3.CN(C)C=O. The Kier molecular flexibility index (Phi) is 8.18. The number of ether oxygens (including phenoxy) is 1. The quantitative estimate of drug-likeness (QED) is 0.236. The van der Waals surface area contributed by atoms with E-state index in [9.17, 15) is 4.79 Å². The number of fused-ring (bicyclic) bond motifs is 3. The monoisotopic (exact) mass is 469 g/mol. The average molecular weight is 470 g/mol. The Balaban J connectivity index is 0.000000555. The molecule has 0 bridgehead atoms. The molecular formula is C23H31N7O2S. The highest BCUT2D eigenvalue weighted by Gasteiger charge is 2.21. The maximum absolute atomic E-state index is 9.43. The van der Waals surface area contributed by atoms with Crippen LogP contribution in [0.3, 0.4) is 0 Å². The molecule has 1 aliphatic carbocycles. The highest BCUT2D eigenvalue weighted by Crippen LogP contribution is 2.40. The maximum atomic E-state index is 9.43. The molecule has 1 atom stereocenters. The fourth-order valence-corrected chi connectivity index (χ4v) is 4.72. The third-order valence-corrected chi connectivity index (χ3v) is 6.26. The number of hydrogen-bond acceptors (Lipinski definition) is 9. The van der Waals surface area contributed by atoms with Gasteiger partial charge >= 0.3 is 0 Å². The van der Waals surface area contributed by atoms with Crippen LogP contribution < -0.4 is 21.5 Å². The molecule has 0 saturated carbocycles. The summed E-state index contributed by atoms with van der Waals surface area (Å²) in [5.74, 6) is 1.35. The van der Waals surface area contributed by atoms with Crippen LogP contribution in [0.15, 0.2) is 18.5 Å². The van der Waals surface area contributed by atoms with E-state index in [-0.39, 0.29) is 6.04 Å². The lowest BCUT2D eigenvalue weighted by Gasteiger charge is -2.17. The predicted octanol–water partition coefficient (Wildman–Crippen LogP) is 3.32. The van der Waals surface area contributed by atoms with E-state index in [4.69, 9.17) is 21.6 Å². The molecule has 0 fully saturated rings. The summed E-state index contributed by atoms with van der Waals surface area (Å²) in [6, 6.07) is 3.43. The second-order valence-electron chi connectivity index (χ2n) is 8.22. The highest BCUT2D eigenvalue weighted by atomic mass is 32.1. The Bertz CT molecular complexity index is 1130. The van der Waals surface area contributed by atoms with Crippen LogP contribution in [-0.2, 0) is 17.6 Å². The van der Waals surface area contributed by atoms with Crippen LogP contribution in [0.5, 0.6) is 5.75 Å². The molecule has 6 N–H and O–H groups in total. The number of aryl methyl sites for hydroxylation is 2. The summed E-state index contributed by atoms with van der Waals surface area (Å²) in [5.41, 5.74) is 15.1. The molecule has 2 aromatic heterocycles. The van der Waals surface area contributed by atoms with Gasteiger partial charge in [0.2, 0.25) is 6.41 Å². The van der Waals surface area contributed by atoms with Crippen molar-refractivity contribution in [1.29, 1.82) is 5.41 Å². The summed E-state index contributed by atoms with van der Waals surface area (Å²) in [6.45, 7) is 2.25. The molecule has 1 aliphatic rings. The third kappa shape index (κ3) is 5.96. The Morgan fingerprint density at radius 2 is 2.03 bits per heavy atom. The number of anilines is 3. The minimum absolute atomic E-state index is 0.105. The number of carbonyl (C=O) groups is 1. The van der Waals surface area contributed by atoms with Crippen LogP contribution in [0.2, 0.25) is 0 Å². The fraction of sp³-hybridized carbons (Fsp3) is 0.391. The number of aromatic nitrogens is 2. The van der Waals surface area contributed by atoms with E-state index in [2.05, 4.69) is 15.3 Å². The largest absolute Gasteiger partial charge is 0.490 e. The number of nitrogens with one attached hydrogen (secondary N) is 2. The average Bonchev–Trinajstić information content (AvgIpc) is 3.18. The standard InChI is InChI=1S/C20H24N6OS.C3H7NO/c1-11(22)9-27-16-7-14(23)12(8-21)6-15(16)26-19-18-13-4-2-3-5-17(13)28-20(18)25-10-24-19;1-4(2)3-5/h6-8,10-11,21H,2-5,9,22-23H2,1H3,(H,24,25,26);3H,1-2H3. The summed E-state index contributed by atoms with van der Waals surface area (Å²) in [4.78, 5) is 22.3. The molecule has 1 unspecified atom stereocenters. The summed E-state index contributed by atoms with van der Waals surface area (Å²) in [7, 11) is 3.38. The second kappa shape index (κ2) is 11.1. The number of nitrogen functional groups attached to an aromatic ring is 1. The van der Waals surface area contributed by atoms with Crippen molar-refractivity contribution >= 4 is 51.4 Å². The zero-order valence-electron chi connectivity index (χ0n) is 19.2. The minimum atomic E-state index is -0.105. The number of nitrogens with two attached hydrogens (primary N) is 2. The molecule has 3 aromatic rings. The number of amides is 1. The van der Waals surface area contributed by atoms with E-state index in [1.807, 2.05) is 13.0 Å². The Hall–Kier alpha value is -3.24. The normalized spacial score (nSPS) is 13.3. The van der Waals surface area contributed by atoms with Crippen molar-refractivity contribution in [2.45, 2.75) is 38.6 Å². The zero-order chi connectivity index (χ0) is 24.0. The Morgan fingerprint density at radius 1 is 1.30 bits per heavy atom. The molecule has 0 radical (unpaired) electrons. The molecule has 9 nitrogen and oxygen atoms in total. The summed E-state index contributed by atoms with van der Waals surface area (Å²) in [5, 5.41) is 12.1. The number of benzene rings is 1. The van der Waals surface area contributed by atoms with Crippen LogP contribution in [0.4, 0.5) is 17.2 Å². The predicted molar refractivity (Wildman–Crippen MR) is 135 cm³/mol. The fourth-order valence-electron chi connectivity index (χ4n) is 3.49. The molecular weight excluding hydrogens is 438 g/mol. The van der Waals surface area contributed by atoms with Crippen molar-refractivity contribution in [2.75, 3.05) is 31.8 Å². The minimum Gasteiger partial charge on any atom is -0.490 e. The first kappa shape index (κ1) is 24.4. The van der Waals surface area contributed by atoms with Crippen LogP contribution >= 0.6 is 11.3 Å². The van der Waals surface area contributed by atoms with Gasteiger partial charge in [0.05, 0.1) is 11.1 Å². The molecule has 1 aromatic carbocycles. The van der Waals surface area contributed by atoms with E-state index in [1.165, 1.54) is 34.4 Å². The van der Waals surface area contributed by atoms with Crippen molar-refractivity contribution < 1.29 is 9.53 Å². The number of rotatable bonds is 7. The molecule has 2 heterocycles. The first-order valence-corrected chi connectivity index (χ1v) is 11.6. The van der Waals surface area contributed by atoms with Gasteiger partial charge in [0.1, 0.15) is 29.3 Å². The summed E-state index contributed by atoms with van der Waals surface area (Å²) in [6.07, 6.45) is 8.15. The van der Waals surface area contributed by atoms with Crippen LogP contribution in [0.25, 0.3) is 10.2 Å². The topological polar surface area (TPSA) is 143 Å². The maximum Gasteiger partial charge on any atom is 0.209 e. The smallest absolute Gasteiger partial charge is 0.209 e. The van der Waals surface area contributed by atoms with Crippen LogP contribution in [-0.4, -0.2) is 54.2 Å². The van der Waals surface area contributed by atoms with Crippen molar-refractivity contribution in [1.82, 2.24) is 14.9 Å². The molecule has 1 amide bonds. The number of carbonyl (C=O) groups excluding carboxylic acids is 1. The second-order valence-corrected chi connectivity index (χ2v) is 9.30. The highest BCUT2D eigenvalue weighted by molar-refractivity contribution is 7.19. The number of thiophene rings is 1. The van der Waals surface area contributed by atoms with Gasteiger partial charge in [-0.2, -0.15) is 0 Å². The Labute approximate surface area is 197 Å². The molecule has 33 heavy (non-hydrogen) atoms. The van der Waals surface area contributed by atoms with Crippen molar-refractivity contribution in [3.63, 3.8) is 0 Å². The van der Waals surface area contributed by atoms with Gasteiger partial charge in [0.15, 0.2) is 0 Å². The summed E-state index contributed by atoms with van der Waals surface area (Å²) < 4.78 is 5.87. The van der Waals surface area contributed by atoms with E-state index in [1.54, 1.807) is 37.8 Å². The molecule has 0 spiro atoms. The first-order valence-electron chi connectivity index (χ1n) is 10.8. The molecule has 4 rings (SSSR count). The van der Waals surface area contributed by atoms with Gasteiger partial charge in [-0.1, -0.05) is 0 Å². The van der Waals surface area contributed by atoms with Gasteiger partial charge in [-0.3, -0.25) is 4.79 Å². The van der Waals surface area contributed by atoms with Crippen LogP contribution in [0, 0.1) is 5.41 Å². The van der Waals surface area contributed by atoms with Crippen molar-refractivity contribution in [3.8, 4) is 5.75 Å². The van der Waals surface area contributed by atoms with Gasteiger partial charge in [-0.15, -0.1) is 11.3 Å². The lowest BCUT2D eigenvalue weighted by atomic mass is 9.97. The van der Waals surface area contributed by atoms with Gasteiger partial charge in [-0.05, 0) is 44.2 Å². The number of nitrogens with zero attached hydrogens (tertiary/aromatic N) is 3. The third-order valence-electron chi connectivity index (χ3n) is 5.06. The number of hydrogen-bond donors (Lipinski definition) is 4. The van der Waals surface area contributed by atoms with E-state index < -0.39 is 0 Å². The first-order chi connectivity index (χ1) is 15.8.